The number of sulfonamides is 1. The van der Waals surface area contributed by atoms with E-state index in [2.05, 4.69) is 4.98 Å². The number of nitrogens with zero attached hydrogens (tertiary/aromatic N) is 1. The molecular formula is C19H17ClN2O5S. The van der Waals surface area contributed by atoms with Crippen molar-refractivity contribution in [3.05, 3.63) is 64.3 Å². The van der Waals surface area contributed by atoms with Gasteiger partial charge in [-0.05, 0) is 36.8 Å². The third-order valence-corrected chi connectivity index (χ3v) is 5.62. The average Bonchev–Trinajstić information content (AvgIpc) is 2.68. The Hall–Kier alpha value is -2.68. The number of halogens is 1. The molecule has 0 spiro atoms. The van der Waals surface area contributed by atoms with Crippen LogP contribution in [0.2, 0.25) is 5.02 Å². The minimum absolute atomic E-state index is 0.0670. The lowest BCUT2D eigenvalue weighted by atomic mass is 10.1. The number of methoxy groups -OCH3 is 1. The van der Waals surface area contributed by atoms with Gasteiger partial charge in [0.1, 0.15) is 17.9 Å². The summed E-state index contributed by atoms with van der Waals surface area (Å²) in [4.78, 5) is 16.7. The maximum Gasteiger partial charge on any atom is 0.342 e. The largest absolute Gasteiger partial charge is 0.496 e. The minimum Gasteiger partial charge on any atom is -0.496 e. The number of benzene rings is 2. The van der Waals surface area contributed by atoms with Gasteiger partial charge in [-0.1, -0.05) is 29.8 Å². The van der Waals surface area contributed by atoms with E-state index >= 15 is 0 Å². The maximum absolute atomic E-state index is 12.5. The number of fused-ring (bicyclic) bond motifs is 1. The molecule has 0 bridgehead atoms. The molecule has 1 aromatic heterocycles. The molecule has 3 rings (SSSR count). The summed E-state index contributed by atoms with van der Waals surface area (Å²) in [5.74, 6) is -0.628. The lowest BCUT2D eigenvalue weighted by Gasteiger charge is -2.12. The van der Waals surface area contributed by atoms with Gasteiger partial charge in [-0.2, -0.15) is 0 Å². The molecule has 0 fully saturated rings. The van der Waals surface area contributed by atoms with E-state index in [1.165, 1.54) is 19.2 Å². The van der Waals surface area contributed by atoms with Crippen LogP contribution in [0.3, 0.4) is 0 Å². The minimum atomic E-state index is -3.98. The summed E-state index contributed by atoms with van der Waals surface area (Å²) in [5, 5.41) is 6.43. The van der Waals surface area contributed by atoms with Gasteiger partial charge >= 0.3 is 5.97 Å². The van der Waals surface area contributed by atoms with Crippen LogP contribution in [0.5, 0.6) is 5.75 Å². The van der Waals surface area contributed by atoms with Gasteiger partial charge in [-0.3, -0.25) is 0 Å². The second-order valence-electron chi connectivity index (χ2n) is 6.00. The van der Waals surface area contributed by atoms with E-state index in [9.17, 15) is 13.2 Å². The highest BCUT2D eigenvalue weighted by atomic mass is 35.5. The molecular weight excluding hydrogens is 404 g/mol. The second-order valence-corrected chi connectivity index (χ2v) is 7.94. The number of nitrogens with two attached hydrogens (primary N) is 1. The molecule has 0 amide bonds. The van der Waals surface area contributed by atoms with Crippen LogP contribution >= 0.6 is 11.6 Å². The van der Waals surface area contributed by atoms with Gasteiger partial charge in [-0.15, -0.1) is 0 Å². The molecule has 3 aromatic rings. The molecule has 0 aliphatic heterocycles. The van der Waals surface area contributed by atoms with Crippen LogP contribution in [0.1, 0.15) is 21.6 Å². The van der Waals surface area contributed by atoms with Crippen molar-refractivity contribution in [2.45, 2.75) is 18.4 Å². The first-order valence-electron chi connectivity index (χ1n) is 8.14. The van der Waals surface area contributed by atoms with E-state index in [1.807, 2.05) is 31.2 Å². The van der Waals surface area contributed by atoms with Crippen molar-refractivity contribution in [3.8, 4) is 5.75 Å². The number of pyridine rings is 1. The number of aromatic nitrogens is 1. The molecule has 0 aliphatic rings. The van der Waals surface area contributed by atoms with Gasteiger partial charge in [0.25, 0.3) is 0 Å². The number of hydrogen-bond donors (Lipinski definition) is 1. The maximum atomic E-state index is 12.5. The number of carbonyl (C=O) groups is 1. The fourth-order valence-electron chi connectivity index (χ4n) is 2.75. The van der Waals surface area contributed by atoms with Gasteiger partial charge in [0.15, 0.2) is 0 Å². The Bertz CT molecular complexity index is 1180. The molecule has 28 heavy (non-hydrogen) atoms. The monoisotopic (exact) mass is 420 g/mol. The van der Waals surface area contributed by atoms with Crippen molar-refractivity contribution in [2.24, 2.45) is 5.14 Å². The summed E-state index contributed by atoms with van der Waals surface area (Å²) in [5.41, 5.74) is 1.88. The number of ether oxygens (including phenoxy) is 2. The van der Waals surface area contributed by atoms with E-state index in [4.69, 9.17) is 26.2 Å². The van der Waals surface area contributed by atoms with Crippen molar-refractivity contribution in [2.75, 3.05) is 7.11 Å². The van der Waals surface area contributed by atoms with Crippen LogP contribution < -0.4 is 9.88 Å². The molecule has 0 saturated heterocycles. The fraction of sp³-hybridized carbons (Fsp3) is 0.158. The summed E-state index contributed by atoms with van der Waals surface area (Å²) < 4.78 is 33.5. The Kier molecular flexibility index (Phi) is 5.55. The number of carbonyl (C=O) groups excluding carboxylic acids is 1. The molecule has 1 heterocycles. The normalized spacial score (nSPS) is 11.4. The van der Waals surface area contributed by atoms with Crippen molar-refractivity contribution in [3.63, 3.8) is 0 Å². The van der Waals surface area contributed by atoms with Gasteiger partial charge < -0.3 is 9.47 Å². The third kappa shape index (κ3) is 3.94. The number of esters is 1. The quantitative estimate of drug-likeness (QED) is 0.635. The first kappa shape index (κ1) is 20.1. The summed E-state index contributed by atoms with van der Waals surface area (Å²) in [6.45, 7) is 1.67. The SMILES string of the molecule is COc1ccc(S(N)(=O)=O)cc1C(=O)OCc1nc2ccccc2c(C)c1Cl. The summed E-state index contributed by atoms with van der Waals surface area (Å²) >= 11 is 6.37. The molecule has 2 N–H and O–H groups in total. The molecule has 146 valence electrons. The van der Waals surface area contributed by atoms with Gasteiger partial charge in [-0.25, -0.2) is 23.3 Å². The first-order valence-corrected chi connectivity index (χ1v) is 10.1. The van der Waals surface area contributed by atoms with Crippen molar-refractivity contribution >= 4 is 38.5 Å². The molecule has 9 heteroatoms. The van der Waals surface area contributed by atoms with Crippen molar-refractivity contribution < 1.29 is 22.7 Å². The van der Waals surface area contributed by atoms with Gasteiger partial charge in [0.2, 0.25) is 10.0 Å². The molecule has 0 aliphatic carbocycles. The van der Waals surface area contributed by atoms with E-state index < -0.39 is 16.0 Å². The van der Waals surface area contributed by atoms with Crippen LogP contribution in [0.4, 0.5) is 0 Å². The molecule has 0 atom stereocenters. The molecule has 0 unspecified atom stereocenters. The van der Waals surface area contributed by atoms with Crippen LogP contribution in [0.15, 0.2) is 47.4 Å². The van der Waals surface area contributed by atoms with Gasteiger partial charge in [0.05, 0.1) is 28.2 Å². The highest BCUT2D eigenvalue weighted by molar-refractivity contribution is 7.89. The molecule has 2 aromatic carbocycles. The lowest BCUT2D eigenvalue weighted by Crippen LogP contribution is -2.14. The Morgan fingerprint density at radius 3 is 2.61 bits per heavy atom. The number of aryl methyl sites for hydroxylation is 1. The Balaban J connectivity index is 1.91. The Morgan fingerprint density at radius 1 is 1.21 bits per heavy atom. The Morgan fingerprint density at radius 2 is 1.93 bits per heavy atom. The van der Waals surface area contributed by atoms with E-state index in [0.29, 0.717) is 10.7 Å². The number of hydrogen-bond acceptors (Lipinski definition) is 6. The zero-order valence-corrected chi connectivity index (χ0v) is 16.7. The van der Waals surface area contributed by atoms with Crippen LogP contribution in [-0.2, 0) is 21.4 Å². The van der Waals surface area contributed by atoms with E-state index in [-0.39, 0.29) is 22.8 Å². The summed E-state index contributed by atoms with van der Waals surface area (Å²) in [6.07, 6.45) is 0. The fourth-order valence-corrected chi connectivity index (χ4v) is 3.49. The van der Waals surface area contributed by atoms with Crippen LogP contribution in [-0.4, -0.2) is 26.5 Å². The average molecular weight is 421 g/mol. The second kappa shape index (κ2) is 7.75. The lowest BCUT2D eigenvalue weighted by molar-refractivity contribution is 0.0464. The summed E-state index contributed by atoms with van der Waals surface area (Å²) in [7, 11) is -2.63. The Labute approximate surface area is 167 Å². The number of para-hydroxylation sites is 1. The number of rotatable bonds is 5. The van der Waals surface area contributed by atoms with E-state index in [0.717, 1.165) is 22.5 Å². The standard InChI is InChI=1S/C19H17ClN2O5S/c1-11-13-5-3-4-6-15(13)22-16(18(11)20)10-27-19(23)14-9-12(28(21,24)25)7-8-17(14)26-2/h3-9H,10H2,1-2H3,(H2,21,24,25). The van der Waals surface area contributed by atoms with E-state index in [1.54, 1.807) is 0 Å². The zero-order valence-electron chi connectivity index (χ0n) is 15.1. The molecule has 7 nitrogen and oxygen atoms in total. The summed E-state index contributed by atoms with van der Waals surface area (Å²) in [6, 6.07) is 11.2. The number of primary sulfonamides is 1. The smallest absolute Gasteiger partial charge is 0.342 e. The van der Waals surface area contributed by atoms with Crippen LogP contribution in [0.25, 0.3) is 10.9 Å². The molecule has 0 radical (unpaired) electrons. The first-order chi connectivity index (χ1) is 13.2. The predicted octanol–water partition coefficient (Wildman–Crippen LogP) is 3.21. The van der Waals surface area contributed by atoms with Gasteiger partial charge in [0, 0.05) is 5.39 Å². The highest BCUT2D eigenvalue weighted by Crippen LogP contribution is 2.28. The highest BCUT2D eigenvalue weighted by Gasteiger charge is 2.20. The predicted molar refractivity (Wildman–Crippen MR) is 105 cm³/mol. The van der Waals surface area contributed by atoms with Crippen molar-refractivity contribution in [1.82, 2.24) is 4.98 Å². The topological polar surface area (TPSA) is 109 Å². The third-order valence-electron chi connectivity index (χ3n) is 4.21. The zero-order chi connectivity index (χ0) is 20.5. The van der Waals surface area contributed by atoms with Crippen molar-refractivity contribution in [1.29, 1.82) is 0 Å². The van der Waals surface area contributed by atoms with Crippen LogP contribution in [0, 0.1) is 6.92 Å². The molecule has 0 saturated carbocycles.